The third-order valence-electron chi connectivity index (χ3n) is 6.39. The van der Waals surface area contributed by atoms with E-state index in [-0.39, 0.29) is 5.75 Å². The molecular weight excluding hydrogens is 454 g/mol. The molecule has 5 rings (SSSR count). The SMILES string of the molecule is COc1cc(N(C)CCN(C)C)c(O)cc1Nc1nc(-c2cn(C)c3ccccc23)c2[nH]ccc2n1. The third kappa shape index (κ3) is 4.29. The number of benzene rings is 2. The molecule has 3 aromatic heterocycles. The number of aromatic hydroxyl groups is 1. The summed E-state index contributed by atoms with van der Waals surface area (Å²) in [5.74, 6) is 1.15. The summed E-state index contributed by atoms with van der Waals surface area (Å²) >= 11 is 0. The van der Waals surface area contributed by atoms with Crippen LogP contribution in [0.3, 0.4) is 0 Å². The van der Waals surface area contributed by atoms with Gasteiger partial charge in [-0.2, -0.15) is 0 Å². The first-order valence-corrected chi connectivity index (χ1v) is 11.8. The predicted octanol–water partition coefficient (Wildman–Crippen LogP) is 4.57. The second-order valence-electron chi connectivity index (χ2n) is 9.20. The van der Waals surface area contributed by atoms with Crippen LogP contribution in [0.2, 0.25) is 0 Å². The molecule has 9 heteroatoms. The molecule has 0 saturated carbocycles. The molecule has 0 aliphatic heterocycles. The minimum absolute atomic E-state index is 0.150. The number of rotatable bonds is 8. The topological polar surface area (TPSA) is 94.5 Å². The van der Waals surface area contributed by atoms with Gasteiger partial charge >= 0.3 is 0 Å². The van der Waals surface area contributed by atoms with Crippen molar-refractivity contribution in [3.8, 4) is 22.8 Å². The molecule has 5 aromatic rings. The van der Waals surface area contributed by atoms with Crippen LogP contribution in [0.25, 0.3) is 33.2 Å². The quantitative estimate of drug-likeness (QED) is 0.296. The van der Waals surface area contributed by atoms with Gasteiger partial charge in [0.05, 0.1) is 29.5 Å². The lowest BCUT2D eigenvalue weighted by atomic mass is 10.1. The van der Waals surface area contributed by atoms with Gasteiger partial charge < -0.3 is 34.5 Å². The number of aryl methyl sites for hydroxylation is 1. The average Bonchev–Trinajstić information content (AvgIpc) is 3.47. The molecule has 0 amide bonds. The Morgan fingerprint density at radius 3 is 2.67 bits per heavy atom. The zero-order chi connectivity index (χ0) is 25.4. The van der Waals surface area contributed by atoms with E-state index in [1.807, 2.05) is 63.6 Å². The van der Waals surface area contributed by atoms with Gasteiger partial charge in [0.25, 0.3) is 0 Å². The summed E-state index contributed by atoms with van der Waals surface area (Å²) < 4.78 is 7.76. The van der Waals surface area contributed by atoms with Crippen molar-refractivity contribution in [3.05, 3.63) is 54.9 Å². The highest BCUT2D eigenvalue weighted by atomic mass is 16.5. The summed E-state index contributed by atoms with van der Waals surface area (Å²) in [6.07, 6.45) is 3.95. The fraction of sp³-hybridized carbons (Fsp3) is 0.259. The van der Waals surface area contributed by atoms with Gasteiger partial charge in [0.15, 0.2) is 0 Å². The molecular formula is C27H31N7O2. The van der Waals surface area contributed by atoms with Crippen LogP contribution < -0.4 is 15.0 Å². The highest BCUT2D eigenvalue weighted by Gasteiger charge is 2.18. The third-order valence-corrected chi connectivity index (χ3v) is 6.39. The molecule has 0 radical (unpaired) electrons. The number of nitrogens with zero attached hydrogens (tertiary/aromatic N) is 5. The van der Waals surface area contributed by atoms with E-state index in [2.05, 4.69) is 38.1 Å². The fourth-order valence-electron chi connectivity index (χ4n) is 4.45. The second-order valence-corrected chi connectivity index (χ2v) is 9.20. The van der Waals surface area contributed by atoms with Crippen LogP contribution in [0.1, 0.15) is 0 Å². The van der Waals surface area contributed by atoms with Crippen LogP contribution in [0, 0.1) is 0 Å². The van der Waals surface area contributed by atoms with E-state index in [0.717, 1.165) is 46.3 Å². The number of ether oxygens (including phenoxy) is 1. The molecule has 0 saturated heterocycles. The van der Waals surface area contributed by atoms with E-state index in [4.69, 9.17) is 14.7 Å². The van der Waals surface area contributed by atoms with Crippen LogP contribution in [0.5, 0.6) is 11.5 Å². The van der Waals surface area contributed by atoms with E-state index >= 15 is 0 Å². The summed E-state index contributed by atoms with van der Waals surface area (Å²) in [6, 6.07) is 13.7. The average molecular weight is 486 g/mol. The molecule has 36 heavy (non-hydrogen) atoms. The summed E-state index contributed by atoms with van der Waals surface area (Å²) in [7, 11) is 9.64. The molecule has 0 aliphatic carbocycles. The second kappa shape index (κ2) is 9.43. The Morgan fingerprint density at radius 2 is 1.89 bits per heavy atom. The number of para-hydroxylation sites is 1. The van der Waals surface area contributed by atoms with Crippen molar-refractivity contribution < 1.29 is 9.84 Å². The molecule has 0 aliphatic rings. The van der Waals surface area contributed by atoms with Gasteiger partial charge in [-0.15, -0.1) is 0 Å². The summed E-state index contributed by atoms with van der Waals surface area (Å²) in [5, 5.41) is 15.2. The number of phenolic OH excluding ortho intramolecular Hbond substituents is 1. The fourth-order valence-corrected chi connectivity index (χ4v) is 4.45. The number of nitrogens with one attached hydrogen (secondary N) is 2. The highest BCUT2D eigenvalue weighted by molar-refractivity contribution is 6.02. The van der Waals surface area contributed by atoms with Crippen LogP contribution in [0.15, 0.2) is 54.9 Å². The van der Waals surface area contributed by atoms with Crippen molar-refractivity contribution in [1.29, 1.82) is 0 Å². The Labute approximate surface area is 210 Å². The Kier molecular flexibility index (Phi) is 6.15. The predicted molar refractivity (Wildman–Crippen MR) is 146 cm³/mol. The van der Waals surface area contributed by atoms with Gasteiger partial charge in [0, 0.05) is 68.2 Å². The van der Waals surface area contributed by atoms with E-state index in [1.54, 1.807) is 13.2 Å². The lowest BCUT2D eigenvalue weighted by Crippen LogP contribution is -2.28. The maximum Gasteiger partial charge on any atom is 0.228 e. The molecule has 2 aromatic carbocycles. The van der Waals surface area contributed by atoms with Gasteiger partial charge in [0.1, 0.15) is 17.2 Å². The van der Waals surface area contributed by atoms with Crippen LogP contribution >= 0.6 is 0 Å². The van der Waals surface area contributed by atoms with Crippen molar-refractivity contribution >= 4 is 39.3 Å². The molecule has 3 heterocycles. The van der Waals surface area contributed by atoms with Crippen molar-refractivity contribution in [2.24, 2.45) is 7.05 Å². The standard InChI is InChI=1S/C27H31N7O2/c1-32(2)12-13-33(3)22-15-24(36-5)20(14-23(22)35)30-27-29-19-10-11-28-26(19)25(31-27)18-16-34(4)21-9-7-6-8-17(18)21/h6-11,14-16,28,35H,12-13H2,1-5H3,(H,29,30,31). The van der Waals surface area contributed by atoms with E-state index in [1.165, 1.54) is 0 Å². The number of aromatic nitrogens is 4. The van der Waals surface area contributed by atoms with Crippen molar-refractivity contribution in [3.63, 3.8) is 0 Å². The van der Waals surface area contributed by atoms with Crippen LogP contribution in [0.4, 0.5) is 17.3 Å². The largest absolute Gasteiger partial charge is 0.506 e. The van der Waals surface area contributed by atoms with Gasteiger partial charge in [-0.3, -0.25) is 0 Å². The van der Waals surface area contributed by atoms with Gasteiger partial charge in [0.2, 0.25) is 5.95 Å². The highest BCUT2D eigenvalue weighted by Crippen LogP contribution is 2.39. The van der Waals surface area contributed by atoms with Crippen molar-refractivity contribution in [1.82, 2.24) is 24.4 Å². The molecule has 0 atom stereocenters. The summed E-state index contributed by atoms with van der Waals surface area (Å²) in [4.78, 5) is 17.0. The Balaban J connectivity index is 1.55. The molecule has 0 unspecified atom stereocenters. The number of hydrogen-bond donors (Lipinski definition) is 3. The number of H-pyrrole nitrogens is 1. The smallest absolute Gasteiger partial charge is 0.228 e. The minimum Gasteiger partial charge on any atom is -0.506 e. The zero-order valence-corrected chi connectivity index (χ0v) is 21.2. The van der Waals surface area contributed by atoms with Gasteiger partial charge in [-0.05, 0) is 26.2 Å². The first kappa shape index (κ1) is 23.5. The van der Waals surface area contributed by atoms with Gasteiger partial charge in [-0.25, -0.2) is 9.97 Å². The molecule has 3 N–H and O–H groups in total. The van der Waals surface area contributed by atoms with Crippen molar-refractivity contribution in [2.75, 3.05) is 51.6 Å². The molecule has 0 bridgehead atoms. The van der Waals surface area contributed by atoms with Crippen LogP contribution in [-0.2, 0) is 7.05 Å². The lowest BCUT2D eigenvalue weighted by molar-refractivity contribution is 0.410. The van der Waals surface area contributed by atoms with E-state index in [9.17, 15) is 5.11 Å². The maximum absolute atomic E-state index is 10.8. The van der Waals surface area contributed by atoms with E-state index in [0.29, 0.717) is 23.1 Å². The number of anilines is 3. The first-order chi connectivity index (χ1) is 17.4. The monoisotopic (exact) mass is 485 g/mol. The minimum atomic E-state index is 0.150. The first-order valence-electron chi connectivity index (χ1n) is 11.8. The number of methoxy groups -OCH3 is 1. The summed E-state index contributed by atoms with van der Waals surface area (Å²) in [6.45, 7) is 1.62. The van der Waals surface area contributed by atoms with E-state index < -0.39 is 0 Å². The van der Waals surface area contributed by atoms with Crippen molar-refractivity contribution in [2.45, 2.75) is 0 Å². The normalized spacial score (nSPS) is 11.5. The summed E-state index contributed by atoms with van der Waals surface area (Å²) in [5.41, 5.74) is 5.87. The lowest BCUT2D eigenvalue weighted by Gasteiger charge is -2.24. The molecule has 0 fully saturated rings. The maximum atomic E-state index is 10.8. The number of hydrogen-bond acceptors (Lipinski definition) is 7. The Hall–Kier alpha value is -4.24. The molecule has 186 valence electrons. The zero-order valence-electron chi connectivity index (χ0n) is 21.2. The number of likely N-dealkylation sites (N-methyl/N-ethyl adjacent to an activating group) is 2. The Morgan fingerprint density at radius 1 is 1.08 bits per heavy atom. The van der Waals surface area contributed by atoms with Gasteiger partial charge in [-0.1, -0.05) is 18.2 Å². The number of aromatic amines is 1. The Bertz CT molecular complexity index is 1540. The number of fused-ring (bicyclic) bond motifs is 2. The molecule has 0 spiro atoms. The number of phenols is 1. The van der Waals surface area contributed by atoms with Crippen LogP contribution in [-0.4, -0.2) is 70.9 Å². The molecule has 9 nitrogen and oxygen atoms in total.